The molecule has 2 aliphatic rings. The molecule has 1 aromatic rings. The molecular weight excluding hydrogens is 379 g/mol. The van der Waals surface area contributed by atoms with Crippen molar-refractivity contribution in [3.05, 3.63) is 35.9 Å². The molecule has 1 aromatic carbocycles. The highest BCUT2D eigenvalue weighted by molar-refractivity contribution is 5.85. The van der Waals surface area contributed by atoms with Crippen LogP contribution >= 0.6 is 12.4 Å². The van der Waals surface area contributed by atoms with Crippen molar-refractivity contribution in [3.8, 4) is 0 Å². The smallest absolute Gasteiger partial charge is 0.355 e. The number of nitrogens with one attached hydrogen (secondary N) is 2. The van der Waals surface area contributed by atoms with Gasteiger partial charge in [-0.15, -0.1) is 12.4 Å². The Morgan fingerprint density at radius 1 is 1.30 bits per heavy atom. The summed E-state index contributed by atoms with van der Waals surface area (Å²) in [6.45, 7) is 2.56. The fourth-order valence-corrected chi connectivity index (χ4v) is 3.93. The first kappa shape index (κ1) is 22.0. The monoisotopic (exact) mass is 405 g/mol. The van der Waals surface area contributed by atoms with Crippen molar-refractivity contribution in [1.82, 2.24) is 15.5 Å². The van der Waals surface area contributed by atoms with Crippen LogP contribution in [0, 0.1) is 11.3 Å². The van der Waals surface area contributed by atoms with Crippen molar-refractivity contribution in [2.24, 2.45) is 11.3 Å². The van der Waals surface area contributed by atoms with Gasteiger partial charge in [-0.1, -0.05) is 30.3 Å². The number of benzene rings is 1. The van der Waals surface area contributed by atoms with Crippen LogP contribution in [0.1, 0.15) is 24.8 Å². The van der Waals surface area contributed by atoms with E-state index in [1.807, 2.05) is 30.3 Å². The lowest BCUT2D eigenvalue weighted by Gasteiger charge is -2.30. The number of hydrogen-bond acceptors (Lipinski definition) is 3. The molecule has 0 saturated carbocycles. The molecule has 8 heteroatoms. The van der Waals surface area contributed by atoms with Crippen LogP contribution in [0.4, 0.5) is 13.2 Å². The van der Waals surface area contributed by atoms with Gasteiger partial charge in [-0.25, -0.2) is 0 Å². The van der Waals surface area contributed by atoms with Crippen molar-refractivity contribution in [3.63, 3.8) is 0 Å². The van der Waals surface area contributed by atoms with E-state index in [0.29, 0.717) is 19.0 Å². The molecule has 4 nitrogen and oxygen atoms in total. The summed E-state index contributed by atoms with van der Waals surface area (Å²) in [5.41, 5.74) is -1.34. The van der Waals surface area contributed by atoms with Gasteiger partial charge in [-0.05, 0) is 50.4 Å². The number of carbonyl (C=O) groups excluding carboxylic acids is 1. The molecular formula is C19H27ClF3N3O. The van der Waals surface area contributed by atoms with Crippen molar-refractivity contribution < 1.29 is 18.0 Å². The number of halogens is 4. The Morgan fingerprint density at radius 2 is 2.04 bits per heavy atom. The highest BCUT2D eigenvalue weighted by atomic mass is 35.5. The fourth-order valence-electron chi connectivity index (χ4n) is 3.93. The van der Waals surface area contributed by atoms with E-state index >= 15 is 0 Å². The average molecular weight is 406 g/mol. The van der Waals surface area contributed by atoms with Crippen LogP contribution in [0.25, 0.3) is 0 Å². The van der Waals surface area contributed by atoms with Gasteiger partial charge >= 0.3 is 6.18 Å². The predicted molar refractivity (Wildman–Crippen MR) is 101 cm³/mol. The van der Waals surface area contributed by atoms with E-state index in [1.165, 1.54) is 0 Å². The van der Waals surface area contributed by atoms with Gasteiger partial charge in [0.2, 0.25) is 5.91 Å². The lowest BCUT2D eigenvalue weighted by atomic mass is 9.85. The number of carbonyl (C=O) groups is 1. The summed E-state index contributed by atoms with van der Waals surface area (Å²) in [5, 5.41) is 5.80. The zero-order valence-corrected chi connectivity index (χ0v) is 16.0. The van der Waals surface area contributed by atoms with Gasteiger partial charge in [0, 0.05) is 19.6 Å². The van der Waals surface area contributed by atoms with Crippen LogP contribution in [-0.4, -0.2) is 49.7 Å². The van der Waals surface area contributed by atoms with Crippen LogP contribution in [0.3, 0.4) is 0 Å². The van der Waals surface area contributed by atoms with Crippen LogP contribution < -0.4 is 10.6 Å². The minimum atomic E-state index is -4.54. The molecule has 152 valence electrons. The van der Waals surface area contributed by atoms with Crippen molar-refractivity contribution in [1.29, 1.82) is 0 Å². The van der Waals surface area contributed by atoms with Crippen LogP contribution in [0.5, 0.6) is 0 Å². The lowest BCUT2D eigenvalue weighted by molar-refractivity contribution is -0.218. The molecule has 0 aromatic heterocycles. The minimum absolute atomic E-state index is 0. The standard InChI is InChI=1S/C19H26F3N3O.ClH/c20-19(21,22)18(17(26)24-10-7-15-6-9-23-12-15)8-11-25(14-18)13-16-4-2-1-3-5-16;/h1-5,15,23H,6-14H2,(H,24,26);1H. The maximum atomic E-state index is 13.8. The second-order valence-electron chi connectivity index (χ2n) is 7.43. The number of hydrogen-bond donors (Lipinski definition) is 2. The van der Waals surface area contributed by atoms with Gasteiger partial charge in [0.25, 0.3) is 0 Å². The predicted octanol–water partition coefficient (Wildman–Crippen LogP) is 2.98. The zero-order valence-electron chi connectivity index (χ0n) is 15.2. The molecule has 2 aliphatic heterocycles. The summed E-state index contributed by atoms with van der Waals surface area (Å²) in [4.78, 5) is 14.2. The summed E-state index contributed by atoms with van der Waals surface area (Å²) in [5.74, 6) is -0.429. The minimum Gasteiger partial charge on any atom is -0.355 e. The Balaban J connectivity index is 0.00000261. The quantitative estimate of drug-likeness (QED) is 0.764. The van der Waals surface area contributed by atoms with E-state index in [-0.39, 0.29) is 31.9 Å². The van der Waals surface area contributed by atoms with E-state index in [0.717, 1.165) is 31.5 Å². The van der Waals surface area contributed by atoms with Gasteiger partial charge in [0.05, 0.1) is 0 Å². The second kappa shape index (κ2) is 9.26. The lowest BCUT2D eigenvalue weighted by Crippen LogP contribution is -2.52. The maximum absolute atomic E-state index is 13.8. The normalized spacial score (nSPS) is 26.0. The SMILES string of the molecule is Cl.O=C(NCCC1CCNC1)C1(C(F)(F)F)CCN(Cc2ccccc2)C1. The van der Waals surface area contributed by atoms with Gasteiger partial charge in [0.1, 0.15) is 0 Å². The van der Waals surface area contributed by atoms with E-state index in [4.69, 9.17) is 0 Å². The Kier molecular flexibility index (Phi) is 7.54. The average Bonchev–Trinajstić information content (AvgIpc) is 3.25. The first-order valence-corrected chi connectivity index (χ1v) is 9.23. The Hall–Kier alpha value is -1.31. The van der Waals surface area contributed by atoms with Crippen molar-refractivity contribution in [2.75, 3.05) is 32.7 Å². The number of nitrogens with zero attached hydrogens (tertiary/aromatic N) is 1. The van der Waals surface area contributed by atoms with E-state index in [2.05, 4.69) is 10.6 Å². The molecule has 0 bridgehead atoms. The van der Waals surface area contributed by atoms with E-state index in [1.54, 1.807) is 4.90 Å². The van der Waals surface area contributed by atoms with Crippen molar-refractivity contribution in [2.45, 2.75) is 32.0 Å². The third-order valence-corrected chi connectivity index (χ3v) is 5.58. The Bertz CT molecular complexity index is 608. The molecule has 1 amide bonds. The first-order chi connectivity index (χ1) is 12.4. The summed E-state index contributed by atoms with van der Waals surface area (Å²) in [6, 6.07) is 9.40. The summed E-state index contributed by atoms with van der Waals surface area (Å²) in [7, 11) is 0. The second-order valence-corrected chi connectivity index (χ2v) is 7.43. The molecule has 2 heterocycles. The summed E-state index contributed by atoms with van der Waals surface area (Å²) >= 11 is 0. The molecule has 2 atom stereocenters. The number of alkyl halides is 3. The molecule has 2 fully saturated rings. The molecule has 2 saturated heterocycles. The molecule has 2 unspecified atom stereocenters. The number of likely N-dealkylation sites (tertiary alicyclic amines) is 1. The van der Waals surface area contributed by atoms with Crippen molar-refractivity contribution >= 4 is 18.3 Å². The van der Waals surface area contributed by atoms with Gasteiger partial charge in [0.15, 0.2) is 5.41 Å². The largest absolute Gasteiger partial charge is 0.404 e. The number of rotatable bonds is 6. The Labute approximate surface area is 164 Å². The molecule has 0 spiro atoms. The first-order valence-electron chi connectivity index (χ1n) is 9.23. The van der Waals surface area contributed by atoms with Crippen LogP contribution in [0.15, 0.2) is 30.3 Å². The Morgan fingerprint density at radius 3 is 2.67 bits per heavy atom. The third kappa shape index (κ3) is 5.15. The molecule has 3 rings (SSSR count). The highest BCUT2D eigenvalue weighted by Crippen LogP contribution is 2.46. The molecule has 0 aliphatic carbocycles. The molecule has 2 N–H and O–H groups in total. The maximum Gasteiger partial charge on any atom is 0.404 e. The topological polar surface area (TPSA) is 44.4 Å². The fraction of sp³-hybridized carbons (Fsp3) is 0.632. The van der Waals surface area contributed by atoms with Gasteiger partial charge < -0.3 is 10.6 Å². The highest BCUT2D eigenvalue weighted by Gasteiger charge is 2.62. The third-order valence-electron chi connectivity index (χ3n) is 5.58. The van der Waals surface area contributed by atoms with Crippen LogP contribution in [0.2, 0.25) is 0 Å². The number of amides is 1. The van der Waals surface area contributed by atoms with Gasteiger partial charge in [-0.3, -0.25) is 9.69 Å². The molecule has 27 heavy (non-hydrogen) atoms. The van der Waals surface area contributed by atoms with Gasteiger partial charge in [-0.2, -0.15) is 13.2 Å². The van der Waals surface area contributed by atoms with E-state index in [9.17, 15) is 18.0 Å². The van der Waals surface area contributed by atoms with Crippen LogP contribution in [-0.2, 0) is 11.3 Å². The summed E-state index contributed by atoms with van der Waals surface area (Å²) < 4.78 is 41.4. The van der Waals surface area contributed by atoms with E-state index < -0.39 is 17.5 Å². The summed E-state index contributed by atoms with van der Waals surface area (Å²) in [6.07, 6.45) is -2.98. The molecule has 0 radical (unpaired) electrons. The zero-order chi connectivity index (χ0) is 18.6.